The molecule has 1 atom stereocenters. The van der Waals surface area contributed by atoms with Gasteiger partial charge in [0.1, 0.15) is 0 Å². The van der Waals surface area contributed by atoms with Gasteiger partial charge in [0.25, 0.3) is 0 Å². The Kier molecular flexibility index (Phi) is 5.62. The van der Waals surface area contributed by atoms with Crippen LogP contribution in [0.1, 0.15) is 17.9 Å². The fourth-order valence-corrected chi connectivity index (χ4v) is 2.45. The second-order valence-corrected chi connectivity index (χ2v) is 5.10. The fourth-order valence-electron chi connectivity index (χ4n) is 1.52. The van der Waals surface area contributed by atoms with E-state index in [-0.39, 0.29) is 23.4 Å². The van der Waals surface area contributed by atoms with E-state index >= 15 is 0 Å². The molecule has 1 aromatic rings. The lowest BCUT2D eigenvalue weighted by Gasteiger charge is -2.16. The molecule has 1 nitrogen and oxygen atoms in total. The van der Waals surface area contributed by atoms with Crippen LogP contribution in [-0.4, -0.2) is 17.8 Å². The van der Waals surface area contributed by atoms with Gasteiger partial charge in [0.05, 0.1) is 0 Å². The van der Waals surface area contributed by atoms with Crippen LogP contribution in [0.15, 0.2) is 24.3 Å². The van der Waals surface area contributed by atoms with Crippen molar-refractivity contribution in [2.75, 3.05) is 12.3 Å². The normalized spacial score (nSPS) is 13.7. The van der Waals surface area contributed by atoms with Crippen molar-refractivity contribution in [2.24, 2.45) is 5.73 Å². The molecule has 96 valence electrons. The zero-order chi connectivity index (χ0) is 12.9. The summed E-state index contributed by atoms with van der Waals surface area (Å²) in [5.41, 5.74) is 2.21. The first-order valence-corrected chi connectivity index (χ1v) is 6.45. The summed E-state index contributed by atoms with van der Waals surface area (Å²) in [5.74, 6) is -0.130. The van der Waals surface area contributed by atoms with Gasteiger partial charge in [-0.1, -0.05) is 41.6 Å². The van der Waals surface area contributed by atoms with Gasteiger partial charge in [0, 0.05) is 10.8 Å². The van der Waals surface area contributed by atoms with E-state index in [1.54, 1.807) is 24.3 Å². The van der Waals surface area contributed by atoms with Crippen molar-refractivity contribution < 1.29 is 13.2 Å². The molecule has 0 saturated heterocycles. The number of alkyl halides is 3. The van der Waals surface area contributed by atoms with E-state index in [2.05, 4.69) is 0 Å². The monoisotopic (exact) mass is 283 g/mol. The maximum Gasteiger partial charge on any atom is 0.441 e. The third kappa shape index (κ3) is 5.19. The Bertz CT molecular complexity index is 357. The molecule has 0 aliphatic rings. The molecule has 1 aromatic carbocycles. The highest BCUT2D eigenvalue weighted by molar-refractivity contribution is 8.00. The summed E-state index contributed by atoms with van der Waals surface area (Å²) in [6.07, 6.45) is 0.365. The highest BCUT2D eigenvalue weighted by Crippen LogP contribution is 2.33. The largest absolute Gasteiger partial charge is 0.441 e. The van der Waals surface area contributed by atoms with Crippen LogP contribution < -0.4 is 5.73 Å². The van der Waals surface area contributed by atoms with Gasteiger partial charge >= 0.3 is 5.51 Å². The van der Waals surface area contributed by atoms with Crippen LogP contribution in [0.2, 0.25) is 5.02 Å². The van der Waals surface area contributed by atoms with Crippen molar-refractivity contribution in [2.45, 2.75) is 17.8 Å². The predicted molar refractivity (Wildman–Crippen MR) is 66.4 cm³/mol. The highest BCUT2D eigenvalue weighted by Gasteiger charge is 2.28. The molecular formula is C11H13ClF3NS. The van der Waals surface area contributed by atoms with Crippen LogP contribution in [0.5, 0.6) is 0 Å². The van der Waals surface area contributed by atoms with Crippen LogP contribution in [0.4, 0.5) is 13.2 Å². The van der Waals surface area contributed by atoms with Gasteiger partial charge in [-0.15, -0.1) is 0 Å². The number of benzene rings is 1. The minimum atomic E-state index is -4.18. The first kappa shape index (κ1) is 14.7. The van der Waals surface area contributed by atoms with Crippen LogP contribution in [0.25, 0.3) is 0 Å². The second kappa shape index (κ2) is 6.52. The number of thioether (sulfide) groups is 1. The summed E-state index contributed by atoms with van der Waals surface area (Å²) in [6.45, 7) is 0.294. The number of halogens is 4. The van der Waals surface area contributed by atoms with Crippen LogP contribution in [-0.2, 0) is 0 Å². The van der Waals surface area contributed by atoms with Crippen molar-refractivity contribution >= 4 is 23.4 Å². The zero-order valence-electron chi connectivity index (χ0n) is 9.01. The van der Waals surface area contributed by atoms with E-state index in [0.717, 1.165) is 5.56 Å². The Morgan fingerprint density at radius 2 is 1.94 bits per heavy atom. The minimum Gasteiger partial charge on any atom is -0.330 e. The topological polar surface area (TPSA) is 26.0 Å². The summed E-state index contributed by atoms with van der Waals surface area (Å²) >= 11 is 5.96. The quantitative estimate of drug-likeness (QED) is 0.883. The van der Waals surface area contributed by atoms with Crippen molar-refractivity contribution in [3.8, 4) is 0 Å². The molecule has 0 amide bonds. The summed E-state index contributed by atoms with van der Waals surface area (Å²) < 4.78 is 36.0. The molecule has 0 fully saturated rings. The third-order valence-corrected chi connectivity index (χ3v) is 3.47. The average Bonchev–Trinajstić information content (AvgIpc) is 2.24. The lowest BCUT2D eigenvalue weighted by molar-refractivity contribution is -0.0328. The van der Waals surface area contributed by atoms with Crippen molar-refractivity contribution in [3.05, 3.63) is 34.9 Å². The van der Waals surface area contributed by atoms with Gasteiger partial charge in [0.15, 0.2) is 0 Å². The Morgan fingerprint density at radius 1 is 1.29 bits per heavy atom. The lowest BCUT2D eigenvalue weighted by atomic mass is 9.97. The molecule has 0 radical (unpaired) electrons. The molecule has 0 spiro atoms. The van der Waals surface area contributed by atoms with Crippen LogP contribution in [0, 0.1) is 0 Å². The van der Waals surface area contributed by atoms with Gasteiger partial charge in [-0.05, 0) is 30.5 Å². The van der Waals surface area contributed by atoms with Gasteiger partial charge in [-0.25, -0.2) is 0 Å². The molecule has 0 saturated carbocycles. The maximum absolute atomic E-state index is 12.0. The van der Waals surface area contributed by atoms with Gasteiger partial charge in [-0.3, -0.25) is 0 Å². The van der Waals surface area contributed by atoms with E-state index in [1.807, 2.05) is 0 Å². The van der Waals surface area contributed by atoms with E-state index in [1.165, 1.54) is 0 Å². The Hall–Kier alpha value is -0.390. The van der Waals surface area contributed by atoms with Gasteiger partial charge in [0.2, 0.25) is 0 Å². The van der Waals surface area contributed by atoms with Crippen LogP contribution in [0.3, 0.4) is 0 Å². The number of rotatable bonds is 5. The van der Waals surface area contributed by atoms with E-state index in [9.17, 15) is 13.2 Å². The molecule has 0 heterocycles. The highest BCUT2D eigenvalue weighted by atomic mass is 35.5. The molecule has 0 aromatic heterocycles. The summed E-state index contributed by atoms with van der Waals surface area (Å²) in [7, 11) is 0. The fraction of sp³-hybridized carbons (Fsp3) is 0.455. The molecular weight excluding hydrogens is 271 g/mol. The molecule has 0 aliphatic heterocycles. The van der Waals surface area contributed by atoms with Crippen molar-refractivity contribution in [3.63, 3.8) is 0 Å². The SMILES string of the molecule is NCC(CCSC(F)(F)F)c1ccccc1Cl. The maximum atomic E-state index is 12.0. The van der Waals surface area contributed by atoms with E-state index in [0.29, 0.717) is 18.0 Å². The standard InChI is InChI=1S/C11H13ClF3NS/c12-10-4-2-1-3-9(10)8(7-16)5-6-17-11(13,14)15/h1-4,8H,5-7,16H2. The summed E-state index contributed by atoms with van der Waals surface area (Å²) in [6, 6.07) is 7.11. The average molecular weight is 284 g/mol. The number of hydrogen-bond acceptors (Lipinski definition) is 2. The second-order valence-electron chi connectivity index (χ2n) is 3.54. The molecule has 17 heavy (non-hydrogen) atoms. The Labute approximate surface area is 108 Å². The van der Waals surface area contributed by atoms with E-state index in [4.69, 9.17) is 17.3 Å². The Balaban J connectivity index is 2.58. The molecule has 6 heteroatoms. The number of nitrogens with two attached hydrogens (primary N) is 1. The summed E-state index contributed by atoms with van der Waals surface area (Å²) in [4.78, 5) is 0. The molecule has 0 bridgehead atoms. The summed E-state index contributed by atoms with van der Waals surface area (Å²) in [5, 5.41) is 0.556. The Morgan fingerprint density at radius 3 is 2.47 bits per heavy atom. The molecule has 1 unspecified atom stereocenters. The zero-order valence-corrected chi connectivity index (χ0v) is 10.6. The van der Waals surface area contributed by atoms with Gasteiger partial charge in [-0.2, -0.15) is 13.2 Å². The van der Waals surface area contributed by atoms with Crippen molar-refractivity contribution in [1.29, 1.82) is 0 Å². The molecule has 1 rings (SSSR count). The first-order chi connectivity index (χ1) is 7.94. The predicted octanol–water partition coefficient (Wildman–Crippen LogP) is 4.03. The van der Waals surface area contributed by atoms with Crippen molar-refractivity contribution in [1.82, 2.24) is 0 Å². The first-order valence-electron chi connectivity index (χ1n) is 5.09. The van der Waals surface area contributed by atoms with E-state index < -0.39 is 5.51 Å². The van der Waals surface area contributed by atoms with Crippen LogP contribution >= 0.6 is 23.4 Å². The number of hydrogen-bond donors (Lipinski definition) is 1. The lowest BCUT2D eigenvalue weighted by Crippen LogP contribution is -2.14. The molecule has 0 aliphatic carbocycles. The van der Waals surface area contributed by atoms with Gasteiger partial charge < -0.3 is 5.73 Å². The smallest absolute Gasteiger partial charge is 0.330 e. The minimum absolute atomic E-state index is 0.00338. The molecule has 2 N–H and O–H groups in total. The third-order valence-electron chi connectivity index (χ3n) is 2.36.